The molecule has 4 heteroatoms. The van der Waals surface area contributed by atoms with Crippen molar-refractivity contribution < 1.29 is 0 Å². The maximum Gasteiger partial charge on any atom is 0.224 e. The van der Waals surface area contributed by atoms with Gasteiger partial charge < -0.3 is 10.2 Å². The van der Waals surface area contributed by atoms with Crippen LogP contribution in [0.5, 0.6) is 0 Å². The summed E-state index contributed by atoms with van der Waals surface area (Å²) in [5.41, 5.74) is 2.34. The smallest absolute Gasteiger partial charge is 0.224 e. The van der Waals surface area contributed by atoms with Gasteiger partial charge in [-0.3, -0.25) is 0 Å². The van der Waals surface area contributed by atoms with Crippen LogP contribution in [0.4, 0.5) is 11.8 Å². The molecule has 1 aromatic carbocycles. The topological polar surface area (TPSA) is 41.1 Å². The summed E-state index contributed by atoms with van der Waals surface area (Å²) in [6, 6.07) is 12.6. The quantitative estimate of drug-likeness (QED) is 0.847. The van der Waals surface area contributed by atoms with Crippen LogP contribution in [-0.4, -0.2) is 30.1 Å². The van der Waals surface area contributed by atoms with Gasteiger partial charge in [0.25, 0.3) is 0 Å². The molecule has 0 spiro atoms. The van der Waals surface area contributed by atoms with E-state index >= 15 is 0 Å². The minimum atomic E-state index is 0.721. The number of aromatic nitrogens is 2. The van der Waals surface area contributed by atoms with Crippen LogP contribution >= 0.6 is 0 Å². The fourth-order valence-electron chi connectivity index (χ4n) is 2.12. The van der Waals surface area contributed by atoms with Crippen LogP contribution in [0.25, 0.3) is 0 Å². The van der Waals surface area contributed by atoms with Gasteiger partial charge in [0.15, 0.2) is 0 Å². The van der Waals surface area contributed by atoms with Crippen LogP contribution in [0, 0.1) is 6.92 Å². The van der Waals surface area contributed by atoms with Crippen molar-refractivity contribution in [3.8, 4) is 0 Å². The van der Waals surface area contributed by atoms with Crippen molar-refractivity contribution in [2.45, 2.75) is 26.7 Å². The van der Waals surface area contributed by atoms with Crippen LogP contribution in [0.15, 0.2) is 36.4 Å². The molecule has 0 aliphatic heterocycles. The van der Waals surface area contributed by atoms with Gasteiger partial charge in [0.2, 0.25) is 5.95 Å². The summed E-state index contributed by atoms with van der Waals surface area (Å²) in [5.74, 6) is 1.69. The highest BCUT2D eigenvalue weighted by atomic mass is 15.2. The maximum atomic E-state index is 4.59. The van der Waals surface area contributed by atoms with Crippen molar-refractivity contribution in [2.24, 2.45) is 0 Å². The molecule has 4 nitrogen and oxygen atoms in total. The van der Waals surface area contributed by atoms with E-state index in [0.29, 0.717) is 0 Å². The van der Waals surface area contributed by atoms with Crippen molar-refractivity contribution in [1.29, 1.82) is 0 Å². The van der Waals surface area contributed by atoms with E-state index in [0.717, 1.165) is 43.4 Å². The Morgan fingerprint density at radius 3 is 2.62 bits per heavy atom. The molecule has 0 amide bonds. The molecule has 1 aromatic heterocycles. The summed E-state index contributed by atoms with van der Waals surface area (Å²) in [7, 11) is 2.08. The molecule has 0 unspecified atom stereocenters. The van der Waals surface area contributed by atoms with Gasteiger partial charge in [-0.25, -0.2) is 4.98 Å². The second kappa shape index (κ2) is 7.62. The molecule has 1 N–H and O–H groups in total. The summed E-state index contributed by atoms with van der Waals surface area (Å²) in [5, 5.41) is 3.26. The van der Waals surface area contributed by atoms with E-state index in [4.69, 9.17) is 0 Å². The van der Waals surface area contributed by atoms with Gasteiger partial charge in [0.05, 0.1) is 0 Å². The Kier molecular flexibility index (Phi) is 5.55. The number of rotatable bonds is 7. The lowest BCUT2D eigenvalue weighted by Crippen LogP contribution is -2.22. The van der Waals surface area contributed by atoms with Crippen molar-refractivity contribution in [1.82, 2.24) is 9.97 Å². The lowest BCUT2D eigenvalue weighted by molar-refractivity contribution is 0.850. The average Bonchev–Trinajstić information content (AvgIpc) is 2.51. The predicted molar refractivity (Wildman–Crippen MR) is 89.0 cm³/mol. The van der Waals surface area contributed by atoms with Gasteiger partial charge in [0, 0.05) is 31.9 Å². The first-order valence-electron chi connectivity index (χ1n) is 7.53. The van der Waals surface area contributed by atoms with E-state index in [1.807, 2.05) is 19.1 Å². The summed E-state index contributed by atoms with van der Waals surface area (Å²) in [6.45, 7) is 5.98. The zero-order chi connectivity index (χ0) is 15.1. The van der Waals surface area contributed by atoms with Gasteiger partial charge in [-0.2, -0.15) is 4.98 Å². The van der Waals surface area contributed by atoms with Crippen LogP contribution < -0.4 is 10.2 Å². The molecule has 0 atom stereocenters. The largest absolute Gasteiger partial charge is 0.359 e. The van der Waals surface area contributed by atoms with E-state index in [1.165, 1.54) is 5.56 Å². The second-order valence-corrected chi connectivity index (χ2v) is 5.28. The van der Waals surface area contributed by atoms with Gasteiger partial charge >= 0.3 is 0 Å². The van der Waals surface area contributed by atoms with Crippen LogP contribution in [-0.2, 0) is 6.42 Å². The molecular weight excluding hydrogens is 260 g/mol. The van der Waals surface area contributed by atoms with E-state index in [2.05, 4.69) is 58.4 Å². The summed E-state index contributed by atoms with van der Waals surface area (Å²) < 4.78 is 0. The molecule has 2 rings (SSSR count). The highest BCUT2D eigenvalue weighted by molar-refractivity contribution is 5.44. The molecule has 0 saturated carbocycles. The number of likely N-dealkylation sites (N-methyl/N-ethyl adjacent to an activating group) is 1. The molecule has 112 valence electrons. The third-order valence-corrected chi connectivity index (χ3v) is 3.34. The Labute approximate surface area is 127 Å². The van der Waals surface area contributed by atoms with Crippen LogP contribution in [0.3, 0.4) is 0 Å². The van der Waals surface area contributed by atoms with Crippen molar-refractivity contribution in [2.75, 3.05) is 30.4 Å². The minimum Gasteiger partial charge on any atom is -0.359 e. The first-order chi connectivity index (χ1) is 10.2. The Morgan fingerprint density at radius 1 is 1.14 bits per heavy atom. The second-order valence-electron chi connectivity index (χ2n) is 5.28. The molecule has 0 saturated heterocycles. The fraction of sp³-hybridized carbons (Fsp3) is 0.412. The van der Waals surface area contributed by atoms with Crippen molar-refractivity contribution >= 4 is 11.8 Å². The summed E-state index contributed by atoms with van der Waals surface area (Å²) in [6.07, 6.45) is 2.08. The van der Waals surface area contributed by atoms with Gasteiger partial charge in [-0.05, 0) is 25.3 Å². The van der Waals surface area contributed by atoms with Crippen molar-refractivity contribution in [3.63, 3.8) is 0 Å². The van der Waals surface area contributed by atoms with Crippen LogP contribution in [0.2, 0.25) is 0 Å². The lowest BCUT2D eigenvalue weighted by atomic mass is 10.1. The number of hydrogen-bond acceptors (Lipinski definition) is 4. The fourth-order valence-corrected chi connectivity index (χ4v) is 2.12. The first kappa shape index (κ1) is 15.3. The first-order valence-corrected chi connectivity index (χ1v) is 7.53. The third kappa shape index (κ3) is 4.74. The average molecular weight is 284 g/mol. The number of anilines is 2. The molecule has 2 aromatic rings. The Morgan fingerprint density at radius 2 is 1.90 bits per heavy atom. The zero-order valence-electron chi connectivity index (χ0n) is 13.1. The lowest BCUT2D eigenvalue weighted by Gasteiger charge is -2.19. The Balaban J connectivity index is 2.01. The number of benzene rings is 1. The van der Waals surface area contributed by atoms with E-state index in [-0.39, 0.29) is 0 Å². The number of nitrogens with zero attached hydrogens (tertiary/aromatic N) is 3. The summed E-state index contributed by atoms with van der Waals surface area (Å²) >= 11 is 0. The van der Waals surface area contributed by atoms with Crippen molar-refractivity contribution in [3.05, 3.63) is 47.7 Å². The standard InChI is InChI=1S/C17H24N4/c1-4-11-18-17-19-14(2)13-16(20-17)21(3)12-10-15-8-6-5-7-9-15/h5-9,13H,4,10-12H2,1-3H3,(H,18,19,20). The minimum absolute atomic E-state index is 0.721. The maximum absolute atomic E-state index is 4.59. The van der Waals surface area contributed by atoms with Gasteiger partial charge in [-0.1, -0.05) is 37.3 Å². The Bertz CT molecular complexity index is 554. The molecule has 0 aliphatic carbocycles. The monoisotopic (exact) mass is 284 g/mol. The molecular formula is C17H24N4. The third-order valence-electron chi connectivity index (χ3n) is 3.34. The highest BCUT2D eigenvalue weighted by Crippen LogP contribution is 2.14. The SMILES string of the molecule is CCCNc1nc(C)cc(N(C)CCc2ccccc2)n1. The molecule has 21 heavy (non-hydrogen) atoms. The van der Waals surface area contributed by atoms with E-state index in [9.17, 15) is 0 Å². The Hall–Kier alpha value is -2.10. The number of hydrogen-bond donors (Lipinski definition) is 1. The molecule has 1 heterocycles. The molecule has 0 bridgehead atoms. The van der Waals surface area contributed by atoms with Crippen LogP contribution in [0.1, 0.15) is 24.6 Å². The number of nitrogens with one attached hydrogen (secondary N) is 1. The zero-order valence-corrected chi connectivity index (χ0v) is 13.1. The number of aryl methyl sites for hydroxylation is 1. The van der Waals surface area contributed by atoms with E-state index in [1.54, 1.807) is 0 Å². The van der Waals surface area contributed by atoms with E-state index < -0.39 is 0 Å². The molecule has 0 fully saturated rings. The molecule has 0 aliphatic rings. The summed E-state index contributed by atoms with van der Waals surface area (Å²) in [4.78, 5) is 11.2. The highest BCUT2D eigenvalue weighted by Gasteiger charge is 2.06. The molecule has 0 radical (unpaired) electrons. The van der Waals surface area contributed by atoms with Gasteiger partial charge in [0.1, 0.15) is 5.82 Å². The normalized spacial score (nSPS) is 10.4. The predicted octanol–water partition coefficient (Wildman–Crippen LogP) is 3.29. The van der Waals surface area contributed by atoms with Gasteiger partial charge in [-0.15, -0.1) is 0 Å².